The largest absolute Gasteiger partial charge is 0.436 e. The Hall–Kier alpha value is 0.571. The van der Waals surface area contributed by atoms with Gasteiger partial charge in [0.15, 0.2) is 16.6 Å². The second kappa shape index (κ2) is 13.7. The molecule has 0 radical (unpaired) electrons. The van der Waals surface area contributed by atoms with Gasteiger partial charge in [-0.3, -0.25) is 0 Å². The molecule has 5 aliphatic rings. The molecule has 0 amide bonds. The Morgan fingerprint density at radius 3 is 0.763 bits per heavy atom. The molecule has 0 atom stereocenters. The second-order valence-corrected chi connectivity index (χ2v) is 27.7. The van der Waals surface area contributed by atoms with Crippen LogP contribution >= 0.6 is 0 Å². The van der Waals surface area contributed by atoms with E-state index in [0.29, 0.717) is 0 Å². The van der Waals surface area contributed by atoms with E-state index in [0.717, 1.165) is 27.7 Å². The first-order valence-corrected chi connectivity index (χ1v) is 25.4. The van der Waals surface area contributed by atoms with Crippen LogP contribution in [0.2, 0.25) is 47.3 Å². The van der Waals surface area contributed by atoms with Crippen LogP contribution in [0.4, 0.5) is 0 Å². The molecule has 0 saturated heterocycles. The molecular weight excluding hydrogens is 513 g/mol. The molecule has 5 saturated carbocycles. The number of hydrogen-bond acceptors (Lipinski definition) is 2. The van der Waals surface area contributed by atoms with Crippen LogP contribution in [0.3, 0.4) is 0 Å². The van der Waals surface area contributed by atoms with Gasteiger partial charge in [-0.1, -0.05) is 148 Å². The van der Waals surface area contributed by atoms with E-state index in [1.165, 1.54) is 161 Å². The SMILES string of the molecule is C[Si](O[Si](C)(C1CCCCC1)C1CCCCC1)(O[Si](C)(C1CCCCC1)C1CCCCC1)C1CCCCC1. The Labute approximate surface area is 240 Å². The molecule has 5 heteroatoms. The lowest BCUT2D eigenvalue weighted by Gasteiger charge is -2.55. The van der Waals surface area contributed by atoms with Crippen molar-refractivity contribution in [2.45, 2.75) is 208 Å². The van der Waals surface area contributed by atoms with E-state index < -0.39 is 25.2 Å². The molecule has 0 aliphatic heterocycles. The molecule has 0 spiro atoms. The van der Waals surface area contributed by atoms with Crippen molar-refractivity contribution >= 4 is 25.2 Å². The van der Waals surface area contributed by atoms with Crippen molar-refractivity contribution in [2.75, 3.05) is 0 Å². The fourth-order valence-electron chi connectivity index (χ4n) is 10.4. The van der Waals surface area contributed by atoms with Gasteiger partial charge in [0.2, 0.25) is 0 Å². The lowest BCUT2D eigenvalue weighted by atomic mass is 9.99. The Morgan fingerprint density at radius 1 is 0.316 bits per heavy atom. The van der Waals surface area contributed by atoms with Crippen LogP contribution in [0.25, 0.3) is 0 Å². The third-order valence-corrected chi connectivity index (χ3v) is 30.5. The van der Waals surface area contributed by atoms with E-state index in [4.69, 9.17) is 8.23 Å². The molecule has 220 valence electrons. The van der Waals surface area contributed by atoms with Gasteiger partial charge in [0.1, 0.15) is 0 Å². The summed E-state index contributed by atoms with van der Waals surface area (Å²) < 4.78 is 16.4. The van der Waals surface area contributed by atoms with Gasteiger partial charge in [-0.05, 0) is 54.6 Å². The summed E-state index contributed by atoms with van der Waals surface area (Å²) in [5, 5.41) is 0. The Bertz CT molecular complexity index is 615. The first kappa shape index (κ1) is 30.0. The minimum Gasteiger partial charge on any atom is -0.436 e. The average molecular weight is 577 g/mol. The molecule has 38 heavy (non-hydrogen) atoms. The van der Waals surface area contributed by atoms with E-state index in [1.54, 1.807) is 0 Å². The Balaban J connectivity index is 1.49. The maximum Gasteiger partial charge on any atom is 0.317 e. The Morgan fingerprint density at radius 2 is 0.526 bits per heavy atom. The second-order valence-electron chi connectivity index (χ2n) is 15.3. The van der Waals surface area contributed by atoms with Gasteiger partial charge in [0, 0.05) is 5.54 Å². The van der Waals surface area contributed by atoms with Gasteiger partial charge in [-0.15, -0.1) is 0 Å². The van der Waals surface area contributed by atoms with Gasteiger partial charge in [0.25, 0.3) is 0 Å². The first-order valence-electron chi connectivity index (χ1n) is 17.8. The third kappa shape index (κ3) is 6.79. The van der Waals surface area contributed by atoms with Gasteiger partial charge >= 0.3 is 8.56 Å². The third-order valence-electron chi connectivity index (χ3n) is 12.9. The zero-order valence-electron chi connectivity index (χ0n) is 25.9. The standard InChI is InChI=1S/C33H64O2Si3/c1-36(29-19-9-4-10-20-29,30-21-11-5-12-22-30)34-38(3,33-27-17-8-18-28-33)35-37(2,31-23-13-6-14-24-31)32-25-15-7-16-26-32/h29-33H,4-28H2,1-3H3. The normalized spacial score (nSPS) is 27.6. The summed E-state index contributed by atoms with van der Waals surface area (Å²) in [6.45, 7) is 8.23. The predicted octanol–water partition coefficient (Wildman–Crippen LogP) is 11.9. The molecule has 0 aromatic rings. The van der Waals surface area contributed by atoms with Crippen LogP contribution in [0.15, 0.2) is 0 Å². The van der Waals surface area contributed by atoms with Crippen LogP contribution in [-0.2, 0) is 8.23 Å². The Kier molecular flexibility index (Phi) is 10.8. The summed E-state index contributed by atoms with van der Waals surface area (Å²) in [6, 6.07) is 0. The van der Waals surface area contributed by atoms with Crippen LogP contribution in [-0.4, -0.2) is 25.2 Å². The summed E-state index contributed by atoms with van der Waals surface area (Å²) in [5.41, 5.74) is 4.35. The van der Waals surface area contributed by atoms with Crippen molar-refractivity contribution in [1.82, 2.24) is 0 Å². The molecule has 0 aromatic heterocycles. The minimum atomic E-state index is -2.33. The monoisotopic (exact) mass is 576 g/mol. The highest BCUT2D eigenvalue weighted by molar-refractivity contribution is 6.91. The minimum absolute atomic E-state index is 0.759. The highest BCUT2D eigenvalue weighted by Crippen LogP contribution is 2.55. The fourth-order valence-corrected chi connectivity index (χ4v) is 30.9. The van der Waals surface area contributed by atoms with Gasteiger partial charge in [0.05, 0.1) is 0 Å². The van der Waals surface area contributed by atoms with Crippen molar-refractivity contribution < 1.29 is 8.23 Å². The van der Waals surface area contributed by atoms with Crippen molar-refractivity contribution in [2.24, 2.45) is 0 Å². The molecule has 5 rings (SSSR count). The zero-order chi connectivity index (χ0) is 26.5. The molecule has 5 fully saturated rings. The molecule has 0 aromatic carbocycles. The van der Waals surface area contributed by atoms with Crippen molar-refractivity contribution in [3.8, 4) is 0 Å². The molecule has 0 N–H and O–H groups in total. The van der Waals surface area contributed by atoms with Crippen LogP contribution in [0, 0.1) is 0 Å². The summed E-state index contributed by atoms with van der Waals surface area (Å²) in [4.78, 5) is 0. The van der Waals surface area contributed by atoms with Crippen molar-refractivity contribution in [3.05, 3.63) is 0 Å². The maximum atomic E-state index is 8.21. The average Bonchev–Trinajstić information content (AvgIpc) is 2.99. The number of rotatable bonds is 9. The molecule has 0 heterocycles. The van der Waals surface area contributed by atoms with E-state index in [1.807, 2.05) is 0 Å². The smallest absolute Gasteiger partial charge is 0.317 e. The van der Waals surface area contributed by atoms with E-state index in [9.17, 15) is 0 Å². The molecule has 5 aliphatic carbocycles. The van der Waals surface area contributed by atoms with E-state index >= 15 is 0 Å². The van der Waals surface area contributed by atoms with E-state index in [-0.39, 0.29) is 0 Å². The van der Waals surface area contributed by atoms with E-state index in [2.05, 4.69) is 19.6 Å². The summed E-state index contributed by atoms with van der Waals surface area (Å²) in [6.07, 6.45) is 36.4. The molecule has 2 nitrogen and oxygen atoms in total. The lowest BCUT2D eigenvalue weighted by molar-refractivity contribution is 0.282. The van der Waals surface area contributed by atoms with Crippen LogP contribution < -0.4 is 0 Å². The predicted molar refractivity (Wildman–Crippen MR) is 171 cm³/mol. The quantitative estimate of drug-likeness (QED) is 0.254. The molecule has 0 unspecified atom stereocenters. The van der Waals surface area contributed by atoms with Gasteiger partial charge in [-0.2, -0.15) is 0 Å². The molecular formula is C33H64O2Si3. The van der Waals surface area contributed by atoms with Gasteiger partial charge in [-0.25, -0.2) is 0 Å². The highest BCUT2D eigenvalue weighted by atomic mass is 28.5. The van der Waals surface area contributed by atoms with Crippen LogP contribution in [0.1, 0.15) is 161 Å². The lowest BCUT2D eigenvalue weighted by Crippen LogP contribution is -2.63. The highest BCUT2D eigenvalue weighted by Gasteiger charge is 2.58. The van der Waals surface area contributed by atoms with Crippen LogP contribution in [0.5, 0.6) is 0 Å². The molecule has 0 bridgehead atoms. The maximum absolute atomic E-state index is 8.21. The van der Waals surface area contributed by atoms with Gasteiger partial charge < -0.3 is 8.23 Å². The summed E-state index contributed by atoms with van der Waals surface area (Å²) in [5.74, 6) is 0. The van der Waals surface area contributed by atoms with Crippen molar-refractivity contribution in [3.63, 3.8) is 0 Å². The summed E-state index contributed by atoms with van der Waals surface area (Å²) in [7, 11) is -6.15. The first-order chi connectivity index (χ1) is 18.4. The van der Waals surface area contributed by atoms with Crippen molar-refractivity contribution in [1.29, 1.82) is 0 Å². The topological polar surface area (TPSA) is 18.5 Å². The fraction of sp³-hybridized carbons (Fsp3) is 1.00. The number of hydrogen-bond donors (Lipinski definition) is 0. The summed E-state index contributed by atoms with van der Waals surface area (Å²) >= 11 is 0. The zero-order valence-corrected chi connectivity index (χ0v) is 28.9.